The van der Waals surface area contributed by atoms with Crippen molar-refractivity contribution in [2.75, 3.05) is 32.7 Å². The molecule has 1 spiro atoms. The van der Waals surface area contributed by atoms with Crippen molar-refractivity contribution in [1.82, 2.24) is 9.80 Å². The van der Waals surface area contributed by atoms with Crippen molar-refractivity contribution in [2.24, 2.45) is 11.3 Å². The standard InChI is InChI=1S/C22H30N2O/c25-21-22(12-6-15-24(21)17-20-9-4-10-20)13-16-23(18-22)14-5-11-19-7-2-1-3-8-19/h1-3,5,7-8,11,20H,4,6,9-10,12-18H2/b11-5+/t22-/m1/s1. The summed E-state index contributed by atoms with van der Waals surface area (Å²) in [4.78, 5) is 17.8. The van der Waals surface area contributed by atoms with Crippen molar-refractivity contribution in [1.29, 1.82) is 0 Å². The predicted molar refractivity (Wildman–Crippen MR) is 102 cm³/mol. The van der Waals surface area contributed by atoms with Crippen LogP contribution in [0.5, 0.6) is 0 Å². The number of carbonyl (C=O) groups is 1. The highest BCUT2D eigenvalue weighted by Crippen LogP contribution is 2.41. The fraction of sp³-hybridized carbons (Fsp3) is 0.591. The fourth-order valence-corrected chi connectivity index (χ4v) is 4.71. The summed E-state index contributed by atoms with van der Waals surface area (Å²) in [5.41, 5.74) is 1.17. The predicted octanol–water partition coefficient (Wildman–Crippen LogP) is 3.81. The first-order valence-electron chi connectivity index (χ1n) is 9.99. The number of carbonyl (C=O) groups excluding carboxylic acids is 1. The summed E-state index contributed by atoms with van der Waals surface area (Å²) in [6, 6.07) is 10.4. The van der Waals surface area contributed by atoms with Gasteiger partial charge in [0.25, 0.3) is 0 Å². The summed E-state index contributed by atoms with van der Waals surface area (Å²) < 4.78 is 0. The van der Waals surface area contributed by atoms with E-state index in [2.05, 4.69) is 46.2 Å². The van der Waals surface area contributed by atoms with Crippen LogP contribution in [0.3, 0.4) is 0 Å². The maximum absolute atomic E-state index is 13.1. The van der Waals surface area contributed by atoms with Crippen LogP contribution in [0.25, 0.3) is 6.08 Å². The van der Waals surface area contributed by atoms with E-state index in [0.29, 0.717) is 5.91 Å². The molecule has 134 valence electrons. The van der Waals surface area contributed by atoms with Gasteiger partial charge in [-0.2, -0.15) is 0 Å². The van der Waals surface area contributed by atoms with Crippen LogP contribution >= 0.6 is 0 Å². The molecule has 2 aliphatic heterocycles. The molecule has 2 saturated heterocycles. The molecular formula is C22H30N2O. The Hall–Kier alpha value is -1.61. The van der Waals surface area contributed by atoms with E-state index < -0.39 is 0 Å². The van der Waals surface area contributed by atoms with Crippen LogP contribution in [-0.2, 0) is 4.79 Å². The molecule has 0 unspecified atom stereocenters. The molecule has 3 heteroatoms. The molecule has 1 atom stereocenters. The number of hydrogen-bond donors (Lipinski definition) is 0. The second kappa shape index (κ2) is 7.33. The van der Waals surface area contributed by atoms with Gasteiger partial charge in [-0.05, 0) is 50.1 Å². The Morgan fingerprint density at radius 2 is 1.92 bits per heavy atom. The second-order valence-electron chi connectivity index (χ2n) is 8.23. The molecule has 3 aliphatic rings. The summed E-state index contributed by atoms with van der Waals surface area (Å²) in [5.74, 6) is 1.24. The van der Waals surface area contributed by atoms with E-state index in [0.717, 1.165) is 51.5 Å². The third-order valence-electron chi connectivity index (χ3n) is 6.43. The second-order valence-corrected chi connectivity index (χ2v) is 8.23. The first-order valence-corrected chi connectivity index (χ1v) is 9.99. The summed E-state index contributed by atoms with van der Waals surface area (Å²) >= 11 is 0. The monoisotopic (exact) mass is 338 g/mol. The Labute approximate surface area is 151 Å². The van der Waals surface area contributed by atoms with Gasteiger partial charge in [-0.3, -0.25) is 9.69 Å². The lowest BCUT2D eigenvalue weighted by Crippen LogP contribution is -2.51. The minimum Gasteiger partial charge on any atom is -0.342 e. The van der Waals surface area contributed by atoms with Crippen LogP contribution in [0, 0.1) is 11.3 Å². The molecule has 1 aromatic rings. The highest BCUT2D eigenvalue weighted by atomic mass is 16.2. The van der Waals surface area contributed by atoms with Gasteiger partial charge in [-0.15, -0.1) is 0 Å². The van der Waals surface area contributed by atoms with Crippen molar-refractivity contribution in [3.8, 4) is 0 Å². The van der Waals surface area contributed by atoms with E-state index >= 15 is 0 Å². The molecular weight excluding hydrogens is 308 g/mol. The zero-order chi connectivity index (χ0) is 17.1. The van der Waals surface area contributed by atoms with Crippen molar-refractivity contribution >= 4 is 12.0 Å². The summed E-state index contributed by atoms with van der Waals surface area (Å²) in [7, 11) is 0. The lowest BCUT2D eigenvalue weighted by atomic mass is 9.77. The zero-order valence-corrected chi connectivity index (χ0v) is 15.2. The lowest BCUT2D eigenvalue weighted by Gasteiger charge is -2.42. The van der Waals surface area contributed by atoms with E-state index in [9.17, 15) is 4.79 Å². The van der Waals surface area contributed by atoms with Crippen LogP contribution in [0.2, 0.25) is 0 Å². The molecule has 3 nitrogen and oxygen atoms in total. The van der Waals surface area contributed by atoms with Gasteiger partial charge < -0.3 is 4.90 Å². The van der Waals surface area contributed by atoms with E-state index in [-0.39, 0.29) is 5.41 Å². The maximum atomic E-state index is 13.1. The smallest absolute Gasteiger partial charge is 0.230 e. The van der Waals surface area contributed by atoms with Gasteiger partial charge >= 0.3 is 0 Å². The summed E-state index contributed by atoms with van der Waals surface area (Å²) in [6.45, 7) is 4.97. The third kappa shape index (κ3) is 3.67. The molecule has 0 aromatic heterocycles. The van der Waals surface area contributed by atoms with Crippen LogP contribution < -0.4 is 0 Å². The molecule has 0 radical (unpaired) electrons. The van der Waals surface area contributed by atoms with Gasteiger partial charge in [0.2, 0.25) is 5.91 Å². The van der Waals surface area contributed by atoms with Crippen LogP contribution in [0.1, 0.15) is 44.1 Å². The number of hydrogen-bond acceptors (Lipinski definition) is 2. The largest absolute Gasteiger partial charge is 0.342 e. The van der Waals surface area contributed by atoms with Crippen molar-refractivity contribution in [3.63, 3.8) is 0 Å². The summed E-state index contributed by atoms with van der Waals surface area (Å²) in [6.07, 6.45) is 11.8. The average molecular weight is 338 g/mol. The highest BCUT2D eigenvalue weighted by Gasteiger charge is 2.48. The van der Waals surface area contributed by atoms with Gasteiger partial charge in [0, 0.05) is 26.2 Å². The van der Waals surface area contributed by atoms with Gasteiger partial charge in [0.15, 0.2) is 0 Å². The topological polar surface area (TPSA) is 23.6 Å². The highest BCUT2D eigenvalue weighted by molar-refractivity contribution is 5.84. The Morgan fingerprint density at radius 3 is 2.68 bits per heavy atom. The first kappa shape index (κ1) is 16.8. The zero-order valence-electron chi connectivity index (χ0n) is 15.2. The van der Waals surface area contributed by atoms with Crippen LogP contribution in [0.4, 0.5) is 0 Å². The molecule has 0 bridgehead atoms. The van der Waals surface area contributed by atoms with Crippen LogP contribution in [-0.4, -0.2) is 48.4 Å². The van der Waals surface area contributed by atoms with E-state index in [1.807, 2.05) is 6.07 Å². The molecule has 3 fully saturated rings. The minimum atomic E-state index is -0.0808. The molecule has 1 aromatic carbocycles. The molecule has 0 N–H and O–H groups in total. The number of likely N-dealkylation sites (tertiary alicyclic amines) is 2. The average Bonchev–Trinajstić information content (AvgIpc) is 3.00. The molecule has 1 saturated carbocycles. The number of piperidine rings is 1. The van der Waals surface area contributed by atoms with Crippen molar-refractivity contribution in [2.45, 2.75) is 38.5 Å². The number of amides is 1. The first-order chi connectivity index (χ1) is 12.3. The van der Waals surface area contributed by atoms with Gasteiger partial charge in [-0.25, -0.2) is 0 Å². The van der Waals surface area contributed by atoms with Gasteiger partial charge in [-0.1, -0.05) is 48.9 Å². The Kier molecular flexibility index (Phi) is 4.93. The number of nitrogens with zero attached hydrogens (tertiary/aromatic N) is 2. The lowest BCUT2D eigenvalue weighted by molar-refractivity contribution is -0.146. The van der Waals surface area contributed by atoms with E-state index in [4.69, 9.17) is 0 Å². The molecule has 4 rings (SSSR count). The van der Waals surface area contributed by atoms with E-state index in [1.165, 1.54) is 31.2 Å². The van der Waals surface area contributed by atoms with E-state index in [1.54, 1.807) is 0 Å². The normalized spacial score (nSPS) is 28.2. The van der Waals surface area contributed by atoms with Gasteiger partial charge in [0.1, 0.15) is 0 Å². The van der Waals surface area contributed by atoms with Crippen molar-refractivity contribution < 1.29 is 4.79 Å². The third-order valence-corrected chi connectivity index (χ3v) is 6.43. The SMILES string of the molecule is O=C1N(CC2CCC2)CCC[C@]12CCN(C/C=C/c1ccccc1)C2. The molecule has 1 aliphatic carbocycles. The Morgan fingerprint density at radius 1 is 1.08 bits per heavy atom. The molecule has 2 heterocycles. The fourth-order valence-electron chi connectivity index (χ4n) is 4.71. The maximum Gasteiger partial charge on any atom is 0.230 e. The van der Waals surface area contributed by atoms with Crippen molar-refractivity contribution in [3.05, 3.63) is 42.0 Å². The molecule has 1 amide bonds. The Balaban J connectivity index is 1.33. The minimum absolute atomic E-state index is 0.0808. The quantitative estimate of drug-likeness (QED) is 0.815. The summed E-state index contributed by atoms with van der Waals surface area (Å²) in [5, 5.41) is 0. The number of rotatable bonds is 5. The van der Waals surface area contributed by atoms with Crippen LogP contribution in [0.15, 0.2) is 36.4 Å². The number of benzene rings is 1. The van der Waals surface area contributed by atoms with Gasteiger partial charge in [0.05, 0.1) is 5.41 Å². The molecule has 25 heavy (non-hydrogen) atoms. The Bertz CT molecular complexity index is 622.